The molecule has 0 radical (unpaired) electrons. The van der Waals surface area contributed by atoms with E-state index in [1.807, 2.05) is 0 Å². The van der Waals surface area contributed by atoms with Crippen molar-refractivity contribution < 1.29 is 9.53 Å². The second kappa shape index (κ2) is 5.47. The molecule has 2 N–H and O–H groups in total. The first-order valence-electron chi connectivity index (χ1n) is 5.96. The summed E-state index contributed by atoms with van der Waals surface area (Å²) < 4.78 is 5.30. The Morgan fingerprint density at radius 2 is 2.33 bits per heavy atom. The SMILES string of the molecule is O=C(NCCCC1CNC1)C1CCCO1. The Kier molecular flexibility index (Phi) is 3.97. The molecule has 2 rings (SSSR count). The standard InChI is InChI=1S/C11H20N2O2/c14-11(10-4-2-6-15-10)13-5-1-3-9-7-12-8-9/h9-10,12H,1-8H2,(H,13,14). The van der Waals surface area contributed by atoms with Crippen molar-refractivity contribution in [1.29, 1.82) is 0 Å². The first-order chi connectivity index (χ1) is 7.36. The van der Waals surface area contributed by atoms with Crippen LogP contribution in [0.2, 0.25) is 0 Å². The number of nitrogens with one attached hydrogen (secondary N) is 2. The van der Waals surface area contributed by atoms with Gasteiger partial charge in [0.25, 0.3) is 0 Å². The molecule has 1 atom stereocenters. The average molecular weight is 212 g/mol. The minimum Gasteiger partial charge on any atom is -0.368 e. The van der Waals surface area contributed by atoms with E-state index in [2.05, 4.69) is 10.6 Å². The molecule has 2 heterocycles. The number of carbonyl (C=O) groups is 1. The molecule has 0 aliphatic carbocycles. The van der Waals surface area contributed by atoms with Gasteiger partial charge in [0.2, 0.25) is 5.91 Å². The van der Waals surface area contributed by atoms with Gasteiger partial charge < -0.3 is 15.4 Å². The van der Waals surface area contributed by atoms with Crippen LogP contribution in [0, 0.1) is 5.92 Å². The highest BCUT2D eigenvalue weighted by molar-refractivity contribution is 5.80. The van der Waals surface area contributed by atoms with Crippen molar-refractivity contribution in [1.82, 2.24) is 10.6 Å². The van der Waals surface area contributed by atoms with Crippen LogP contribution in [0.5, 0.6) is 0 Å². The van der Waals surface area contributed by atoms with E-state index in [4.69, 9.17) is 4.74 Å². The lowest BCUT2D eigenvalue weighted by molar-refractivity contribution is -0.130. The fourth-order valence-electron chi connectivity index (χ4n) is 2.05. The summed E-state index contributed by atoms with van der Waals surface area (Å²) in [6.45, 7) is 3.85. The maximum atomic E-state index is 11.5. The Bertz CT molecular complexity index is 211. The molecule has 2 fully saturated rings. The smallest absolute Gasteiger partial charge is 0.249 e. The van der Waals surface area contributed by atoms with E-state index in [9.17, 15) is 4.79 Å². The van der Waals surface area contributed by atoms with E-state index < -0.39 is 0 Å². The zero-order chi connectivity index (χ0) is 10.5. The minimum atomic E-state index is -0.171. The highest BCUT2D eigenvalue weighted by atomic mass is 16.5. The topological polar surface area (TPSA) is 50.4 Å². The summed E-state index contributed by atoms with van der Waals surface area (Å²) in [7, 11) is 0. The third-order valence-electron chi connectivity index (χ3n) is 3.18. The fourth-order valence-corrected chi connectivity index (χ4v) is 2.05. The molecule has 4 heteroatoms. The van der Waals surface area contributed by atoms with Gasteiger partial charge >= 0.3 is 0 Å². The van der Waals surface area contributed by atoms with Gasteiger partial charge in [-0.2, -0.15) is 0 Å². The molecule has 2 aliphatic rings. The molecule has 1 unspecified atom stereocenters. The third-order valence-corrected chi connectivity index (χ3v) is 3.18. The molecule has 1 amide bonds. The first kappa shape index (κ1) is 10.9. The van der Waals surface area contributed by atoms with Gasteiger partial charge in [0, 0.05) is 13.2 Å². The summed E-state index contributed by atoms with van der Waals surface area (Å²) in [4.78, 5) is 11.5. The number of hydrogen-bond donors (Lipinski definition) is 2. The van der Waals surface area contributed by atoms with E-state index in [-0.39, 0.29) is 12.0 Å². The van der Waals surface area contributed by atoms with Crippen molar-refractivity contribution in [3.8, 4) is 0 Å². The van der Waals surface area contributed by atoms with E-state index in [1.165, 1.54) is 6.42 Å². The van der Waals surface area contributed by atoms with Gasteiger partial charge in [0.1, 0.15) is 6.10 Å². The summed E-state index contributed by atoms with van der Waals surface area (Å²) in [5.41, 5.74) is 0. The minimum absolute atomic E-state index is 0.0826. The van der Waals surface area contributed by atoms with Crippen molar-refractivity contribution >= 4 is 5.91 Å². The maximum Gasteiger partial charge on any atom is 0.249 e. The van der Waals surface area contributed by atoms with Crippen molar-refractivity contribution in [3.63, 3.8) is 0 Å². The zero-order valence-corrected chi connectivity index (χ0v) is 9.13. The second-order valence-electron chi connectivity index (χ2n) is 4.46. The number of hydrogen-bond acceptors (Lipinski definition) is 3. The van der Waals surface area contributed by atoms with Crippen LogP contribution in [-0.2, 0) is 9.53 Å². The third kappa shape index (κ3) is 3.18. The lowest BCUT2D eigenvalue weighted by Crippen LogP contribution is -2.42. The van der Waals surface area contributed by atoms with Crippen molar-refractivity contribution in [3.05, 3.63) is 0 Å². The van der Waals surface area contributed by atoms with Gasteiger partial charge in [0.15, 0.2) is 0 Å². The molecule has 2 aliphatic heterocycles. The Hall–Kier alpha value is -0.610. The molecule has 4 nitrogen and oxygen atoms in total. The number of amides is 1. The van der Waals surface area contributed by atoms with Gasteiger partial charge in [-0.05, 0) is 44.7 Å². The molecule has 15 heavy (non-hydrogen) atoms. The highest BCUT2D eigenvalue weighted by Crippen LogP contribution is 2.12. The maximum absolute atomic E-state index is 11.5. The molecule has 0 aromatic rings. The summed E-state index contributed by atoms with van der Waals surface area (Å²) in [5, 5.41) is 6.19. The first-order valence-corrected chi connectivity index (χ1v) is 5.96. The van der Waals surface area contributed by atoms with Crippen LogP contribution in [0.15, 0.2) is 0 Å². The van der Waals surface area contributed by atoms with Crippen LogP contribution in [0.1, 0.15) is 25.7 Å². The van der Waals surface area contributed by atoms with Crippen LogP contribution in [0.3, 0.4) is 0 Å². The Balaban J connectivity index is 1.50. The van der Waals surface area contributed by atoms with Crippen molar-refractivity contribution in [2.24, 2.45) is 5.92 Å². The Morgan fingerprint density at radius 1 is 1.47 bits per heavy atom. The summed E-state index contributed by atoms with van der Waals surface area (Å²) >= 11 is 0. The number of carbonyl (C=O) groups excluding carboxylic acids is 1. The summed E-state index contributed by atoms with van der Waals surface area (Å²) in [5.74, 6) is 0.920. The normalized spacial score (nSPS) is 26.3. The van der Waals surface area contributed by atoms with E-state index in [0.717, 1.165) is 51.4 Å². The number of ether oxygens (including phenoxy) is 1. The second-order valence-corrected chi connectivity index (χ2v) is 4.46. The number of rotatable bonds is 5. The quantitative estimate of drug-likeness (QED) is 0.644. The molecule has 0 bridgehead atoms. The Morgan fingerprint density at radius 3 is 2.93 bits per heavy atom. The fraction of sp³-hybridized carbons (Fsp3) is 0.909. The van der Waals surface area contributed by atoms with E-state index >= 15 is 0 Å². The van der Waals surface area contributed by atoms with Crippen LogP contribution >= 0.6 is 0 Å². The summed E-state index contributed by atoms with van der Waals surface area (Å²) in [6, 6.07) is 0. The van der Waals surface area contributed by atoms with E-state index in [0.29, 0.717) is 0 Å². The summed E-state index contributed by atoms with van der Waals surface area (Å²) in [6.07, 6.45) is 4.05. The monoisotopic (exact) mass is 212 g/mol. The van der Waals surface area contributed by atoms with Gasteiger partial charge in [-0.15, -0.1) is 0 Å². The molecular formula is C11H20N2O2. The van der Waals surface area contributed by atoms with Gasteiger partial charge in [0.05, 0.1) is 0 Å². The molecule has 86 valence electrons. The molecule has 0 saturated carbocycles. The molecular weight excluding hydrogens is 192 g/mol. The average Bonchev–Trinajstić information content (AvgIpc) is 2.67. The van der Waals surface area contributed by atoms with Gasteiger partial charge in [-0.3, -0.25) is 4.79 Å². The molecule has 2 saturated heterocycles. The van der Waals surface area contributed by atoms with Crippen LogP contribution in [0.25, 0.3) is 0 Å². The largest absolute Gasteiger partial charge is 0.368 e. The highest BCUT2D eigenvalue weighted by Gasteiger charge is 2.23. The lowest BCUT2D eigenvalue weighted by Gasteiger charge is -2.26. The predicted molar refractivity (Wildman–Crippen MR) is 57.6 cm³/mol. The van der Waals surface area contributed by atoms with E-state index in [1.54, 1.807) is 0 Å². The molecule has 0 aromatic carbocycles. The Labute approximate surface area is 90.8 Å². The van der Waals surface area contributed by atoms with Crippen LogP contribution < -0.4 is 10.6 Å². The predicted octanol–water partition coefficient (Wildman–Crippen LogP) is 0.281. The van der Waals surface area contributed by atoms with Crippen molar-refractivity contribution in [2.75, 3.05) is 26.2 Å². The van der Waals surface area contributed by atoms with Crippen LogP contribution in [0.4, 0.5) is 0 Å². The van der Waals surface area contributed by atoms with Gasteiger partial charge in [-0.25, -0.2) is 0 Å². The van der Waals surface area contributed by atoms with Gasteiger partial charge in [-0.1, -0.05) is 0 Å². The molecule has 0 aromatic heterocycles. The molecule has 0 spiro atoms. The lowest BCUT2D eigenvalue weighted by atomic mass is 9.97. The van der Waals surface area contributed by atoms with Crippen LogP contribution in [-0.4, -0.2) is 38.3 Å². The zero-order valence-electron chi connectivity index (χ0n) is 9.13. The van der Waals surface area contributed by atoms with Crippen molar-refractivity contribution in [2.45, 2.75) is 31.8 Å².